The fourth-order valence-electron chi connectivity index (χ4n) is 0.218. The fourth-order valence-corrected chi connectivity index (χ4v) is 3.01. The first-order chi connectivity index (χ1) is 3.56. The van der Waals surface area contributed by atoms with Crippen LogP contribution < -0.4 is 0 Å². The molecule has 0 heterocycles. The summed E-state index contributed by atoms with van der Waals surface area (Å²) in [7, 11) is 16.3. The Morgan fingerprint density at radius 2 is 1.88 bits per heavy atom. The molecule has 0 aromatic heterocycles. The van der Waals surface area contributed by atoms with Gasteiger partial charge < -0.3 is 0 Å². The summed E-state index contributed by atoms with van der Waals surface area (Å²) >= 11 is -3.39. The van der Waals surface area contributed by atoms with E-state index in [4.69, 9.17) is 29.8 Å². The third-order valence-electron chi connectivity index (χ3n) is 0.470. The molecule has 0 rings (SSSR count). The zero-order chi connectivity index (χ0) is 6.62. The predicted octanol–water partition coefficient (Wildman–Crippen LogP) is 2.57. The zero-order valence-electron chi connectivity index (χ0n) is 4.46. The van der Waals surface area contributed by atoms with E-state index in [0.717, 1.165) is 6.42 Å². The Morgan fingerprint density at radius 3 is 2.00 bits per heavy atom. The zero-order valence-corrected chi connectivity index (χ0v) is 9.58. The first kappa shape index (κ1) is 9.63. The van der Waals surface area contributed by atoms with E-state index in [0.29, 0.717) is 6.61 Å². The van der Waals surface area contributed by atoms with E-state index in [2.05, 4.69) is 0 Å². The van der Waals surface area contributed by atoms with Gasteiger partial charge in [0, 0.05) is 0 Å². The van der Waals surface area contributed by atoms with Gasteiger partial charge in [-0.2, -0.15) is 0 Å². The Kier molecular flexibility index (Phi) is 5.35. The Bertz CT molecular complexity index is 62.0. The molecule has 0 amide bonds. The summed E-state index contributed by atoms with van der Waals surface area (Å²) < 4.78 is 4.88. The molecule has 0 unspecified atom stereocenters. The van der Waals surface area contributed by atoms with Crippen LogP contribution in [0.2, 0.25) is 0 Å². The van der Waals surface area contributed by atoms with Crippen molar-refractivity contribution in [2.24, 2.45) is 0 Å². The Labute approximate surface area is 64.8 Å². The molecule has 0 aromatic rings. The van der Waals surface area contributed by atoms with Gasteiger partial charge in [0.2, 0.25) is 0 Å². The molecule has 0 spiro atoms. The van der Waals surface area contributed by atoms with Crippen LogP contribution in [0, 0.1) is 0 Å². The molecule has 5 heteroatoms. The average Bonchev–Trinajstić information content (AvgIpc) is 1.59. The van der Waals surface area contributed by atoms with Crippen molar-refractivity contribution in [1.82, 2.24) is 0 Å². The van der Waals surface area contributed by atoms with Crippen LogP contribution >= 0.6 is 26.8 Å². The van der Waals surface area contributed by atoms with E-state index in [1.807, 2.05) is 6.92 Å². The van der Waals surface area contributed by atoms with Crippen LogP contribution in [0.15, 0.2) is 0 Å². The van der Waals surface area contributed by atoms with Gasteiger partial charge in [0.15, 0.2) is 0 Å². The average molecular weight is 284 g/mol. The topological polar surface area (TPSA) is 9.23 Å². The quantitative estimate of drug-likeness (QED) is 0.724. The van der Waals surface area contributed by atoms with Gasteiger partial charge in [-0.1, -0.05) is 0 Å². The summed E-state index contributed by atoms with van der Waals surface area (Å²) in [4.78, 5) is 0. The molecule has 0 saturated heterocycles. The van der Waals surface area contributed by atoms with E-state index in [1.54, 1.807) is 0 Å². The van der Waals surface area contributed by atoms with E-state index in [-0.39, 0.29) is 0 Å². The molecule has 8 heavy (non-hydrogen) atoms. The monoisotopic (exact) mass is 284 g/mol. The van der Waals surface area contributed by atoms with E-state index >= 15 is 0 Å². The number of hydrogen-bond donors (Lipinski definition) is 0. The number of halogens is 3. The van der Waals surface area contributed by atoms with Crippen LogP contribution in [0.4, 0.5) is 0 Å². The van der Waals surface area contributed by atoms with Crippen molar-refractivity contribution in [3.63, 3.8) is 0 Å². The number of rotatable bonds is 3. The van der Waals surface area contributed by atoms with Gasteiger partial charge >= 0.3 is 65.2 Å². The van der Waals surface area contributed by atoms with Crippen LogP contribution in [0.25, 0.3) is 0 Å². The summed E-state index contributed by atoms with van der Waals surface area (Å²) in [5, 5.41) is 0. The minimum absolute atomic E-state index is 0.576. The molecule has 0 bridgehead atoms. The molecule has 50 valence electrons. The maximum absolute atomic E-state index is 5.43. The van der Waals surface area contributed by atoms with Crippen LogP contribution in [0.3, 0.4) is 0 Å². The molecule has 0 saturated carbocycles. The molecule has 0 fully saturated rings. The fraction of sp³-hybridized carbons (Fsp3) is 1.00. The molecule has 0 aliphatic carbocycles. The van der Waals surface area contributed by atoms with Gasteiger partial charge in [-0.25, -0.2) is 0 Å². The van der Waals surface area contributed by atoms with Crippen molar-refractivity contribution < 1.29 is 3.07 Å². The summed E-state index contributed by atoms with van der Waals surface area (Å²) in [5.41, 5.74) is 0. The second kappa shape index (κ2) is 4.45. The van der Waals surface area contributed by atoms with Gasteiger partial charge in [-0.05, 0) is 0 Å². The second-order valence-electron chi connectivity index (χ2n) is 1.29. The molecule has 0 aliphatic heterocycles. The van der Waals surface area contributed by atoms with Gasteiger partial charge in [0.25, 0.3) is 0 Å². The van der Waals surface area contributed by atoms with Crippen molar-refractivity contribution >= 4 is 42.2 Å². The van der Waals surface area contributed by atoms with Crippen molar-refractivity contribution in [3.8, 4) is 0 Å². The third-order valence-corrected chi connectivity index (χ3v) is 4.18. The van der Waals surface area contributed by atoms with Crippen molar-refractivity contribution in [2.75, 3.05) is 6.61 Å². The number of hydrogen-bond acceptors (Lipinski definition) is 1. The van der Waals surface area contributed by atoms with E-state index in [1.165, 1.54) is 0 Å². The Hall–Kier alpha value is 1.63. The third kappa shape index (κ3) is 7.63. The van der Waals surface area contributed by atoms with Crippen molar-refractivity contribution in [3.05, 3.63) is 0 Å². The summed E-state index contributed by atoms with van der Waals surface area (Å²) in [5.74, 6) is 0. The molecule has 1 nitrogen and oxygen atoms in total. The Morgan fingerprint density at radius 1 is 1.38 bits per heavy atom. The molecule has 0 aliphatic rings. The SMILES string of the molecule is CCC[O][Sn]([Cl])([Cl])[Cl]. The molecule has 0 radical (unpaired) electrons. The maximum atomic E-state index is 5.43. The summed E-state index contributed by atoms with van der Waals surface area (Å²) in [6.07, 6.45) is 0.908. The summed E-state index contributed by atoms with van der Waals surface area (Å²) in [6.45, 7) is 2.55. The van der Waals surface area contributed by atoms with E-state index < -0.39 is 15.4 Å². The molecular weight excluding hydrogens is 277 g/mol. The molecule has 0 N–H and O–H groups in total. The van der Waals surface area contributed by atoms with Gasteiger partial charge in [0.1, 0.15) is 0 Å². The first-order valence-corrected chi connectivity index (χ1v) is 14.3. The minimum atomic E-state index is -3.39. The molecular formula is C3H7Cl3OSn. The van der Waals surface area contributed by atoms with Gasteiger partial charge in [-0.3, -0.25) is 0 Å². The van der Waals surface area contributed by atoms with Crippen molar-refractivity contribution in [2.45, 2.75) is 13.3 Å². The molecule has 0 atom stereocenters. The standard InChI is InChI=1S/C3H7O.3ClH.Sn/c1-2-3-4;;;;/h2-3H2,1H3;3*1H;/q-1;;;;+4/p-3. The van der Waals surface area contributed by atoms with Crippen LogP contribution in [-0.4, -0.2) is 22.0 Å². The van der Waals surface area contributed by atoms with E-state index in [9.17, 15) is 0 Å². The predicted molar refractivity (Wildman–Crippen MR) is 39.6 cm³/mol. The normalized spacial score (nSPS) is 12.0. The Balaban J connectivity index is 3.11. The van der Waals surface area contributed by atoms with Gasteiger partial charge in [0.05, 0.1) is 0 Å². The van der Waals surface area contributed by atoms with Gasteiger partial charge in [-0.15, -0.1) is 0 Å². The first-order valence-electron chi connectivity index (χ1n) is 2.27. The summed E-state index contributed by atoms with van der Waals surface area (Å²) in [6, 6.07) is 0. The molecule has 0 aromatic carbocycles. The van der Waals surface area contributed by atoms with Crippen molar-refractivity contribution in [1.29, 1.82) is 0 Å². The van der Waals surface area contributed by atoms with Crippen LogP contribution in [0.1, 0.15) is 13.3 Å². The second-order valence-corrected chi connectivity index (χ2v) is 19.3. The van der Waals surface area contributed by atoms with Crippen LogP contribution in [0.5, 0.6) is 0 Å². The van der Waals surface area contributed by atoms with Crippen LogP contribution in [-0.2, 0) is 3.07 Å².